The van der Waals surface area contributed by atoms with E-state index in [4.69, 9.17) is 4.74 Å². The van der Waals surface area contributed by atoms with Gasteiger partial charge in [0.05, 0.1) is 34.7 Å². The van der Waals surface area contributed by atoms with Crippen LogP contribution in [0, 0.1) is 0 Å². The molecule has 1 aliphatic heterocycles. The lowest BCUT2D eigenvalue weighted by Crippen LogP contribution is -2.16. The van der Waals surface area contributed by atoms with Gasteiger partial charge in [-0.25, -0.2) is 21.8 Å². The van der Waals surface area contributed by atoms with E-state index in [9.17, 15) is 21.6 Å². The first-order valence-corrected chi connectivity index (χ1v) is 14.2. The summed E-state index contributed by atoms with van der Waals surface area (Å²) in [5.74, 6) is 0.223. The molecule has 0 bridgehead atoms. The first-order chi connectivity index (χ1) is 17.0. The number of aromatic nitrogens is 2. The molecule has 1 amide bonds. The smallest absolute Gasteiger partial charge is 0.230 e. The first kappa shape index (κ1) is 23.8. The summed E-state index contributed by atoms with van der Waals surface area (Å²) in [6.45, 7) is 0. The van der Waals surface area contributed by atoms with Crippen molar-refractivity contribution < 1.29 is 26.4 Å². The normalized spacial score (nSPS) is 14.1. The van der Waals surface area contributed by atoms with Gasteiger partial charge in [0.25, 0.3) is 0 Å². The maximum absolute atomic E-state index is 13.1. The third-order valence-corrected chi connectivity index (χ3v) is 8.44. The molecular formula is C25H21N3O6S2. The second kappa shape index (κ2) is 8.61. The minimum atomic E-state index is -3.51. The number of hydrogen-bond donors (Lipinski definition) is 1. The van der Waals surface area contributed by atoms with Crippen LogP contribution in [-0.2, 0) is 30.9 Å². The fourth-order valence-corrected chi connectivity index (χ4v) is 5.91. The molecule has 0 unspecified atom stereocenters. The summed E-state index contributed by atoms with van der Waals surface area (Å²) >= 11 is 0. The van der Waals surface area contributed by atoms with Crippen LogP contribution < -0.4 is 10.1 Å². The SMILES string of the molecule is COc1ccn2c(CC(=O)Nc3ccc4c(c3)S(=O)(=O)C=C4)c(-c3ccc(S(C)(=O)=O)cc3)nc2c1. The third-order valence-electron chi connectivity index (χ3n) is 5.85. The molecule has 0 spiro atoms. The lowest BCUT2D eigenvalue weighted by molar-refractivity contribution is -0.115. The van der Waals surface area contributed by atoms with Crippen LogP contribution in [0.15, 0.2) is 76.0 Å². The third kappa shape index (κ3) is 4.38. The number of imidazole rings is 1. The van der Waals surface area contributed by atoms with E-state index < -0.39 is 19.7 Å². The summed E-state index contributed by atoms with van der Waals surface area (Å²) in [5.41, 5.74) is 3.22. The molecule has 1 N–H and O–H groups in total. The van der Waals surface area contributed by atoms with Gasteiger partial charge in [-0.1, -0.05) is 18.2 Å². The number of sulfone groups is 2. The number of fused-ring (bicyclic) bond motifs is 2. The Balaban J connectivity index is 1.51. The molecular weight excluding hydrogens is 502 g/mol. The molecule has 36 heavy (non-hydrogen) atoms. The Bertz CT molecular complexity index is 1770. The average molecular weight is 524 g/mol. The van der Waals surface area contributed by atoms with Crippen LogP contribution in [0.1, 0.15) is 11.3 Å². The Labute approximate surface area is 207 Å². The molecule has 4 aromatic rings. The van der Waals surface area contributed by atoms with Gasteiger partial charge in [0.2, 0.25) is 15.7 Å². The summed E-state index contributed by atoms with van der Waals surface area (Å²) in [7, 11) is -5.33. The Morgan fingerprint density at radius 3 is 2.53 bits per heavy atom. The Kier molecular flexibility index (Phi) is 5.68. The Morgan fingerprint density at radius 1 is 1.08 bits per heavy atom. The number of amides is 1. The maximum Gasteiger partial charge on any atom is 0.230 e. The predicted octanol–water partition coefficient (Wildman–Crippen LogP) is 3.35. The molecule has 0 saturated carbocycles. The molecule has 0 atom stereocenters. The van der Waals surface area contributed by atoms with Crippen LogP contribution in [0.25, 0.3) is 23.0 Å². The van der Waals surface area contributed by atoms with E-state index in [2.05, 4.69) is 10.3 Å². The first-order valence-electron chi connectivity index (χ1n) is 10.8. The molecule has 0 saturated heterocycles. The summed E-state index contributed by atoms with van der Waals surface area (Å²) in [4.78, 5) is 18.1. The van der Waals surface area contributed by atoms with E-state index in [1.807, 2.05) is 0 Å². The number of nitrogens with one attached hydrogen (secondary N) is 1. The standard InChI is InChI=1S/C25H21N3O6S2/c1-34-19-9-11-28-21(15-24(29)26-18-6-3-16-10-12-36(32,33)22(16)13-18)25(27-23(28)14-19)17-4-7-20(8-5-17)35(2,30)31/h3-14H,15H2,1-2H3,(H,26,29). The quantitative estimate of drug-likeness (QED) is 0.411. The molecule has 2 aromatic heterocycles. The number of ether oxygens (including phenoxy) is 1. The summed E-state index contributed by atoms with van der Waals surface area (Å²) in [5, 5.41) is 3.90. The number of carbonyl (C=O) groups excluding carboxylic acids is 1. The topological polar surface area (TPSA) is 124 Å². The number of hydrogen-bond acceptors (Lipinski definition) is 7. The van der Waals surface area contributed by atoms with Gasteiger partial charge in [0, 0.05) is 35.2 Å². The van der Waals surface area contributed by atoms with Crippen molar-refractivity contribution in [2.24, 2.45) is 0 Å². The lowest BCUT2D eigenvalue weighted by Gasteiger charge is -2.09. The van der Waals surface area contributed by atoms with E-state index in [0.29, 0.717) is 39.6 Å². The van der Waals surface area contributed by atoms with E-state index in [1.165, 1.54) is 24.3 Å². The largest absolute Gasteiger partial charge is 0.497 e. The van der Waals surface area contributed by atoms with Gasteiger partial charge in [0.15, 0.2) is 9.84 Å². The van der Waals surface area contributed by atoms with Gasteiger partial charge in [-0.05, 0) is 42.0 Å². The number of nitrogens with zero attached hydrogens (tertiary/aromatic N) is 2. The highest BCUT2D eigenvalue weighted by Crippen LogP contribution is 2.30. The van der Waals surface area contributed by atoms with Crippen molar-refractivity contribution >= 4 is 43.0 Å². The number of carbonyl (C=O) groups is 1. The average Bonchev–Trinajstić information content (AvgIpc) is 3.34. The van der Waals surface area contributed by atoms with Gasteiger partial charge in [-0.2, -0.15) is 0 Å². The lowest BCUT2D eigenvalue weighted by atomic mass is 10.1. The number of pyridine rings is 1. The number of rotatable bonds is 6. The van der Waals surface area contributed by atoms with Crippen LogP contribution in [0.4, 0.5) is 5.69 Å². The van der Waals surface area contributed by atoms with Crippen LogP contribution in [0.2, 0.25) is 0 Å². The van der Waals surface area contributed by atoms with E-state index in [0.717, 1.165) is 11.7 Å². The van der Waals surface area contributed by atoms with Crippen LogP contribution in [-0.4, -0.2) is 45.5 Å². The number of benzene rings is 2. The molecule has 1 aliphatic rings. The van der Waals surface area contributed by atoms with Gasteiger partial charge in [-0.15, -0.1) is 0 Å². The zero-order valence-electron chi connectivity index (χ0n) is 19.3. The number of anilines is 1. The summed E-state index contributed by atoms with van der Waals surface area (Å²) < 4.78 is 55.1. The zero-order valence-corrected chi connectivity index (χ0v) is 20.9. The van der Waals surface area contributed by atoms with Crippen molar-refractivity contribution in [3.63, 3.8) is 0 Å². The maximum atomic E-state index is 13.1. The molecule has 0 aliphatic carbocycles. The Morgan fingerprint density at radius 2 is 1.83 bits per heavy atom. The van der Waals surface area contributed by atoms with Crippen molar-refractivity contribution in [3.8, 4) is 17.0 Å². The fraction of sp³-hybridized carbons (Fsp3) is 0.120. The van der Waals surface area contributed by atoms with Crippen molar-refractivity contribution in [3.05, 3.63) is 77.5 Å². The highest BCUT2D eigenvalue weighted by molar-refractivity contribution is 7.94. The summed E-state index contributed by atoms with van der Waals surface area (Å²) in [6, 6.07) is 14.5. The second-order valence-electron chi connectivity index (χ2n) is 8.32. The molecule has 11 heteroatoms. The summed E-state index contributed by atoms with van der Waals surface area (Å²) in [6.07, 6.45) is 4.32. The van der Waals surface area contributed by atoms with Crippen LogP contribution in [0.5, 0.6) is 5.75 Å². The molecule has 0 fully saturated rings. The van der Waals surface area contributed by atoms with Gasteiger partial charge in [-0.3, -0.25) is 4.79 Å². The van der Waals surface area contributed by atoms with Crippen molar-refractivity contribution in [2.45, 2.75) is 16.2 Å². The van der Waals surface area contributed by atoms with Gasteiger partial charge >= 0.3 is 0 Å². The molecule has 0 radical (unpaired) electrons. The van der Waals surface area contributed by atoms with Crippen LogP contribution in [0.3, 0.4) is 0 Å². The van der Waals surface area contributed by atoms with Crippen molar-refractivity contribution in [1.29, 1.82) is 0 Å². The molecule has 5 rings (SSSR count). The molecule has 9 nitrogen and oxygen atoms in total. The van der Waals surface area contributed by atoms with E-state index in [1.54, 1.807) is 54.1 Å². The minimum Gasteiger partial charge on any atom is -0.497 e. The molecule has 2 aromatic carbocycles. The monoisotopic (exact) mass is 523 g/mol. The minimum absolute atomic E-state index is 0.0707. The highest BCUT2D eigenvalue weighted by Gasteiger charge is 2.22. The Hall–Kier alpha value is -3.96. The second-order valence-corrected chi connectivity index (χ2v) is 12.1. The van der Waals surface area contributed by atoms with Crippen LogP contribution >= 0.6 is 0 Å². The van der Waals surface area contributed by atoms with Gasteiger partial charge in [0.1, 0.15) is 11.4 Å². The molecule has 3 heterocycles. The van der Waals surface area contributed by atoms with Crippen molar-refractivity contribution in [2.75, 3.05) is 18.7 Å². The fourth-order valence-electron chi connectivity index (χ4n) is 4.05. The zero-order chi connectivity index (χ0) is 25.7. The molecule has 184 valence electrons. The van der Waals surface area contributed by atoms with E-state index >= 15 is 0 Å². The van der Waals surface area contributed by atoms with Gasteiger partial charge < -0.3 is 14.5 Å². The predicted molar refractivity (Wildman–Crippen MR) is 135 cm³/mol. The number of methoxy groups -OCH3 is 1. The van der Waals surface area contributed by atoms with Crippen molar-refractivity contribution in [1.82, 2.24) is 9.38 Å². The van der Waals surface area contributed by atoms with E-state index in [-0.39, 0.29) is 22.1 Å². The highest BCUT2D eigenvalue weighted by atomic mass is 32.2.